The van der Waals surface area contributed by atoms with Crippen LogP contribution in [-0.4, -0.2) is 20.3 Å². The van der Waals surface area contributed by atoms with Crippen LogP contribution < -0.4 is 14.2 Å². The molecular weight excluding hydrogens is 327 g/mol. The monoisotopic (exact) mass is 340 g/mol. The zero-order chi connectivity index (χ0) is 14.4. The molecule has 0 saturated heterocycles. The third-order valence-electron chi connectivity index (χ3n) is 2.56. The molecule has 0 aliphatic carbocycles. The highest BCUT2D eigenvalue weighted by Gasteiger charge is 2.05. The first-order valence-corrected chi connectivity index (χ1v) is 6.83. The highest BCUT2D eigenvalue weighted by Crippen LogP contribution is 2.26. The second-order valence-electron chi connectivity index (χ2n) is 3.92. The van der Waals surface area contributed by atoms with E-state index < -0.39 is 5.82 Å². The van der Waals surface area contributed by atoms with Gasteiger partial charge in [-0.1, -0.05) is 28.1 Å². The van der Waals surface area contributed by atoms with Crippen molar-refractivity contribution in [1.29, 1.82) is 0 Å². The van der Waals surface area contributed by atoms with E-state index in [0.717, 1.165) is 4.47 Å². The van der Waals surface area contributed by atoms with Crippen LogP contribution in [0.15, 0.2) is 46.9 Å². The molecule has 0 atom stereocenters. The maximum absolute atomic E-state index is 13.4. The summed E-state index contributed by atoms with van der Waals surface area (Å²) >= 11 is 3.27. The van der Waals surface area contributed by atoms with Gasteiger partial charge in [-0.15, -0.1) is 0 Å². The van der Waals surface area contributed by atoms with Gasteiger partial charge in [-0.05, 0) is 30.3 Å². The number of ether oxygens (including phenoxy) is 3. The average Bonchev–Trinajstić information content (AvgIpc) is 2.47. The molecule has 5 heteroatoms. The molecule has 0 bridgehead atoms. The van der Waals surface area contributed by atoms with E-state index >= 15 is 0 Å². The Hall–Kier alpha value is -1.75. The molecule has 106 valence electrons. The van der Waals surface area contributed by atoms with Crippen LogP contribution in [0.1, 0.15) is 0 Å². The Kier molecular flexibility index (Phi) is 5.24. The molecule has 3 nitrogen and oxygen atoms in total. The van der Waals surface area contributed by atoms with Gasteiger partial charge in [0.2, 0.25) is 0 Å². The lowest BCUT2D eigenvalue weighted by molar-refractivity contribution is 0.206. The molecule has 0 heterocycles. The Morgan fingerprint density at radius 2 is 1.60 bits per heavy atom. The van der Waals surface area contributed by atoms with Crippen LogP contribution >= 0.6 is 15.9 Å². The van der Waals surface area contributed by atoms with Gasteiger partial charge >= 0.3 is 0 Å². The number of hydrogen-bond acceptors (Lipinski definition) is 3. The number of halogens is 2. The Morgan fingerprint density at radius 1 is 0.950 bits per heavy atom. The standard InChI is InChI=1S/C15H14BrFO3/c1-18-13-4-2-3-5-14(13)19-8-9-20-15-10-11(16)6-7-12(15)17/h2-7,10H,8-9H2,1H3. The summed E-state index contributed by atoms with van der Waals surface area (Å²) in [5, 5.41) is 0. The zero-order valence-electron chi connectivity index (χ0n) is 10.9. The SMILES string of the molecule is COc1ccccc1OCCOc1cc(Br)ccc1F. The van der Waals surface area contributed by atoms with Gasteiger partial charge in [0.25, 0.3) is 0 Å². The first-order chi connectivity index (χ1) is 9.70. The summed E-state index contributed by atoms with van der Waals surface area (Å²) in [7, 11) is 1.58. The second kappa shape index (κ2) is 7.14. The number of benzene rings is 2. The summed E-state index contributed by atoms with van der Waals surface area (Å²) in [4.78, 5) is 0. The van der Waals surface area contributed by atoms with Crippen molar-refractivity contribution in [3.63, 3.8) is 0 Å². The van der Waals surface area contributed by atoms with E-state index in [2.05, 4.69) is 15.9 Å². The van der Waals surface area contributed by atoms with Crippen molar-refractivity contribution < 1.29 is 18.6 Å². The average molecular weight is 341 g/mol. The van der Waals surface area contributed by atoms with E-state index in [1.165, 1.54) is 6.07 Å². The molecule has 0 aliphatic heterocycles. The van der Waals surface area contributed by atoms with Gasteiger partial charge in [-0.3, -0.25) is 0 Å². The Morgan fingerprint density at radius 3 is 2.30 bits per heavy atom. The van der Waals surface area contributed by atoms with Crippen molar-refractivity contribution in [2.45, 2.75) is 0 Å². The normalized spacial score (nSPS) is 10.2. The molecule has 20 heavy (non-hydrogen) atoms. The molecule has 0 spiro atoms. The maximum atomic E-state index is 13.4. The molecule has 0 aliphatic rings. The van der Waals surface area contributed by atoms with Crippen LogP contribution in [0.25, 0.3) is 0 Å². The van der Waals surface area contributed by atoms with E-state index in [1.54, 1.807) is 25.3 Å². The van der Waals surface area contributed by atoms with E-state index in [9.17, 15) is 4.39 Å². The fraction of sp³-hybridized carbons (Fsp3) is 0.200. The summed E-state index contributed by atoms with van der Waals surface area (Å²) in [6.07, 6.45) is 0. The fourth-order valence-electron chi connectivity index (χ4n) is 1.63. The number of para-hydroxylation sites is 2. The van der Waals surface area contributed by atoms with Crippen molar-refractivity contribution >= 4 is 15.9 Å². The highest BCUT2D eigenvalue weighted by molar-refractivity contribution is 9.10. The van der Waals surface area contributed by atoms with Gasteiger partial charge in [0.05, 0.1) is 7.11 Å². The summed E-state index contributed by atoms with van der Waals surface area (Å²) in [5.74, 6) is 1.09. The van der Waals surface area contributed by atoms with Gasteiger partial charge < -0.3 is 14.2 Å². The van der Waals surface area contributed by atoms with Crippen molar-refractivity contribution in [3.05, 3.63) is 52.8 Å². The maximum Gasteiger partial charge on any atom is 0.165 e. The summed E-state index contributed by atoms with van der Waals surface area (Å²) in [6.45, 7) is 0.539. The fourth-order valence-corrected chi connectivity index (χ4v) is 1.97. The molecule has 0 saturated carbocycles. The minimum Gasteiger partial charge on any atom is -0.493 e. The van der Waals surface area contributed by atoms with Crippen molar-refractivity contribution in [1.82, 2.24) is 0 Å². The van der Waals surface area contributed by atoms with Crippen LogP contribution in [0.2, 0.25) is 0 Å². The summed E-state index contributed by atoms with van der Waals surface area (Å²) in [6, 6.07) is 11.9. The third-order valence-corrected chi connectivity index (χ3v) is 3.05. The smallest absolute Gasteiger partial charge is 0.165 e. The minimum absolute atomic E-state index is 0.197. The van der Waals surface area contributed by atoms with Gasteiger partial charge in [-0.25, -0.2) is 4.39 Å². The summed E-state index contributed by atoms with van der Waals surface area (Å²) < 4.78 is 30.2. The first kappa shape index (κ1) is 14.7. The molecule has 0 radical (unpaired) electrons. The third kappa shape index (κ3) is 3.87. The van der Waals surface area contributed by atoms with E-state index in [-0.39, 0.29) is 12.4 Å². The van der Waals surface area contributed by atoms with E-state index in [1.807, 2.05) is 18.2 Å². The molecular formula is C15H14BrFO3. The topological polar surface area (TPSA) is 27.7 Å². The molecule has 2 aromatic carbocycles. The molecule has 0 N–H and O–H groups in total. The van der Waals surface area contributed by atoms with Gasteiger partial charge in [0, 0.05) is 4.47 Å². The van der Waals surface area contributed by atoms with Gasteiger partial charge in [0.15, 0.2) is 23.1 Å². The van der Waals surface area contributed by atoms with Crippen LogP contribution in [0.3, 0.4) is 0 Å². The van der Waals surface area contributed by atoms with Gasteiger partial charge in [0.1, 0.15) is 13.2 Å². The Balaban J connectivity index is 1.86. The minimum atomic E-state index is -0.398. The second-order valence-corrected chi connectivity index (χ2v) is 4.84. The number of hydrogen-bond donors (Lipinski definition) is 0. The van der Waals surface area contributed by atoms with Crippen molar-refractivity contribution in [3.8, 4) is 17.2 Å². The Bertz CT molecular complexity index is 575. The highest BCUT2D eigenvalue weighted by atomic mass is 79.9. The molecule has 0 fully saturated rings. The van der Waals surface area contributed by atoms with Crippen molar-refractivity contribution in [2.75, 3.05) is 20.3 Å². The van der Waals surface area contributed by atoms with Crippen LogP contribution in [-0.2, 0) is 0 Å². The van der Waals surface area contributed by atoms with Gasteiger partial charge in [-0.2, -0.15) is 0 Å². The number of rotatable bonds is 6. The van der Waals surface area contributed by atoms with Crippen LogP contribution in [0, 0.1) is 5.82 Å². The predicted octanol–water partition coefficient (Wildman–Crippen LogP) is 4.05. The van der Waals surface area contributed by atoms with E-state index in [0.29, 0.717) is 18.1 Å². The van der Waals surface area contributed by atoms with Crippen molar-refractivity contribution in [2.24, 2.45) is 0 Å². The quantitative estimate of drug-likeness (QED) is 0.742. The molecule has 2 aromatic rings. The molecule has 0 amide bonds. The summed E-state index contributed by atoms with van der Waals surface area (Å²) in [5.41, 5.74) is 0. The Labute approximate surface area is 125 Å². The largest absolute Gasteiger partial charge is 0.493 e. The zero-order valence-corrected chi connectivity index (χ0v) is 12.5. The van der Waals surface area contributed by atoms with E-state index in [4.69, 9.17) is 14.2 Å². The van der Waals surface area contributed by atoms with Crippen LogP contribution in [0.5, 0.6) is 17.2 Å². The lowest BCUT2D eigenvalue weighted by Crippen LogP contribution is -2.10. The lowest BCUT2D eigenvalue weighted by atomic mass is 10.3. The molecule has 0 unspecified atom stereocenters. The first-order valence-electron chi connectivity index (χ1n) is 6.04. The lowest BCUT2D eigenvalue weighted by Gasteiger charge is -2.11. The predicted molar refractivity (Wildman–Crippen MR) is 78.1 cm³/mol. The molecule has 0 aromatic heterocycles. The number of methoxy groups -OCH3 is 1. The molecule has 2 rings (SSSR count). The van der Waals surface area contributed by atoms with Crippen LogP contribution in [0.4, 0.5) is 4.39 Å².